The van der Waals surface area contributed by atoms with E-state index in [0.29, 0.717) is 27.6 Å². The van der Waals surface area contributed by atoms with E-state index in [9.17, 15) is 9.59 Å². The van der Waals surface area contributed by atoms with Crippen LogP contribution >= 0.6 is 22.9 Å². The topological polar surface area (TPSA) is 62.8 Å². The Labute approximate surface area is 153 Å². The van der Waals surface area contributed by atoms with Crippen LogP contribution in [0, 0.1) is 6.92 Å². The first kappa shape index (κ1) is 16.2. The number of hydrogen-bond donors (Lipinski definition) is 1. The molecule has 0 spiro atoms. The second-order valence-corrected chi connectivity index (χ2v) is 7.75. The molecule has 0 radical (unpaired) electrons. The van der Waals surface area contributed by atoms with E-state index in [1.807, 2.05) is 31.2 Å². The van der Waals surface area contributed by atoms with Crippen molar-refractivity contribution >= 4 is 28.7 Å². The number of nitrogens with zero attached hydrogens (tertiary/aromatic N) is 1. The third-order valence-corrected chi connectivity index (χ3v) is 5.65. The van der Waals surface area contributed by atoms with E-state index >= 15 is 0 Å². The van der Waals surface area contributed by atoms with Crippen LogP contribution in [0.5, 0.6) is 0 Å². The van der Waals surface area contributed by atoms with Gasteiger partial charge in [0.05, 0.1) is 11.3 Å². The number of thiazole rings is 1. The molecule has 1 N–H and O–H groups in total. The molecule has 0 aliphatic heterocycles. The summed E-state index contributed by atoms with van der Waals surface area (Å²) in [4.78, 5) is 33.2. The Kier molecular flexibility index (Phi) is 4.06. The van der Waals surface area contributed by atoms with E-state index < -0.39 is 0 Å². The number of fused-ring (bicyclic) bond motifs is 1. The van der Waals surface area contributed by atoms with Crippen molar-refractivity contribution in [2.75, 3.05) is 0 Å². The molecular weight excluding hydrogens is 356 g/mol. The van der Waals surface area contributed by atoms with Crippen LogP contribution in [0.2, 0.25) is 5.02 Å². The van der Waals surface area contributed by atoms with Gasteiger partial charge < -0.3 is 4.98 Å². The minimum absolute atomic E-state index is 0.0879. The number of hydrogen-bond acceptors (Lipinski definition) is 4. The number of nitrogens with one attached hydrogen (secondary N) is 1. The summed E-state index contributed by atoms with van der Waals surface area (Å²) in [7, 11) is 0. The van der Waals surface area contributed by atoms with E-state index in [1.165, 1.54) is 11.3 Å². The Bertz CT molecular complexity index is 1030. The minimum Gasteiger partial charge on any atom is -0.325 e. The standard InChI is InChI=1S/C19H15ClN2O2S/c1-10-17(11-5-7-12(20)8-6-11)22-19(25-10)14-9-13-15(21-18(14)24)3-2-4-16(13)23/h5-9H,2-4H2,1H3,(H,21,24). The molecule has 4 nitrogen and oxygen atoms in total. The molecule has 0 fully saturated rings. The summed E-state index contributed by atoms with van der Waals surface area (Å²) < 4.78 is 0. The van der Waals surface area contributed by atoms with E-state index in [-0.39, 0.29) is 11.3 Å². The molecule has 0 amide bonds. The summed E-state index contributed by atoms with van der Waals surface area (Å²) in [6, 6.07) is 9.17. The largest absolute Gasteiger partial charge is 0.325 e. The second kappa shape index (κ2) is 6.24. The van der Waals surface area contributed by atoms with E-state index in [4.69, 9.17) is 11.6 Å². The van der Waals surface area contributed by atoms with Crippen LogP contribution in [-0.4, -0.2) is 15.8 Å². The van der Waals surface area contributed by atoms with Gasteiger partial charge in [0.2, 0.25) is 0 Å². The summed E-state index contributed by atoms with van der Waals surface area (Å²) in [5, 5.41) is 1.30. The van der Waals surface area contributed by atoms with Crippen LogP contribution in [0.3, 0.4) is 0 Å². The zero-order valence-corrected chi connectivity index (χ0v) is 15.1. The minimum atomic E-state index is -0.190. The lowest BCUT2D eigenvalue weighted by molar-refractivity contribution is 0.0971. The van der Waals surface area contributed by atoms with Gasteiger partial charge in [0, 0.05) is 33.1 Å². The van der Waals surface area contributed by atoms with Gasteiger partial charge in [-0.3, -0.25) is 9.59 Å². The van der Waals surface area contributed by atoms with Crippen LogP contribution in [0.25, 0.3) is 21.8 Å². The molecule has 25 heavy (non-hydrogen) atoms. The molecule has 0 bridgehead atoms. The number of aromatic nitrogens is 2. The lowest BCUT2D eigenvalue weighted by atomic mass is 9.94. The number of Topliss-reactive ketones (excluding diaryl/α,β-unsaturated/α-hetero) is 1. The molecule has 2 aromatic heterocycles. The van der Waals surface area contributed by atoms with Crippen molar-refractivity contribution in [3.05, 3.63) is 61.8 Å². The summed E-state index contributed by atoms with van der Waals surface area (Å²) in [6.45, 7) is 1.98. The third kappa shape index (κ3) is 2.94. The molecule has 0 saturated carbocycles. The molecule has 1 aliphatic rings. The maximum Gasteiger partial charge on any atom is 0.258 e. The first-order chi connectivity index (χ1) is 12.0. The molecule has 1 aromatic carbocycles. The molecule has 1 aliphatic carbocycles. The van der Waals surface area contributed by atoms with Crippen molar-refractivity contribution in [2.24, 2.45) is 0 Å². The van der Waals surface area contributed by atoms with Crippen LogP contribution in [-0.2, 0) is 6.42 Å². The SMILES string of the molecule is Cc1sc(-c2cc3c([nH]c2=O)CCCC3=O)nc1-c1ccc(Cl)cc1. The summed E-state index contributed by atoms with van der Waals surface area (Å²) in [6.07, 6.45) is 2.06. The average molecular weight is 371 g/mol. The quantitative estimate of drug-likeness (QED) is 0.714. The highest BCUT2D eigenvalue weighted by Gasteiger charge is 2.22. The molecule has 4 rings (SSSR count). The van der Waals surface area contributed by atoms with Crippen LogP contribution < -0.4 is 5.56 Å². The lowest BCUT2D eigenvalue weighted by Gasteiger charge is -2.14. The Morgan fingerprint density at radius 3 is 2.64 bits per heavy atom. The Morgan fingerprint density at radius 2 is 1.88 bits per heavy atom. The number of rotatable bonds is 2. The molecule has 3 aromatic rings. The molecule has 0 unspecified atom stereocenters. The Hall–Kier alpha value is -2.24. The van der Waals surface area contributed by atoms with Crippen molar-refractivity contribution in [3.63, 3.8) is 0 Å². The zero-order chi connectivity index (χ0) is 17.6. The predicted octanol–water partition coefficient (Wildman–Crippen LogP) is 4.65. The monoisotopic (exact) mass is 370 g/mol. The number of aromatic amines is 1. The highest BCUT2D eigenvalue weighted by atomic mass is 35.5. The fourth-order valence-electron chi connectivity index (χ4n) is 3.12. The van der Waals surface area contributed by atoms with Crippen molar-refractivity contribution in [2.45, 2.75) is 26.2 Å². The number of benzene rings is 1. The number of halogens is 1. The number of carbonyl (C=O) groups excluding carboxylic acids is 1. The number of aryl methyl sites for hydroxylation is 2. The third-order valence-electron chi connectivity index (χ3n) is 4.40. The summed E-state index contributed by atoms with van der Waals surface area (Å²) in [5.74, 6) is 0.0879. The maximum absolute atomic E-state index is 12.5. The zero-order valence-electron chi connectivity index (χ0n) is 13.6. The number of pyridine rings is 1. The molecule has 126 valence electrons. The van der Waals surface area contributed by atoms with Gasteiger partial charge in [0.15, 0.2) is 5.78 Å². The molecular formula is C19H15ClN2O2S. The first-order valence-electron chi connectivity index (χ1n) is 8.06. The molecule has 2 heterocycles. The van der Waals surface area contributed by atoms with Crippen molar-refractivity contribution < 1.29 is 4.79 Å². The number of H-pyrrole nitrogens is 1. The van der Waals surface area contributed by atoms with Crippen LogP contribution in [0.15, 0.2) is 35.1 Å². The normalized spacial score (nSPS) is 13.8. The number of ketones is 1. The molecule has 0 saturated heterocycles. The first-order valence-corrected chi connectivity index (χ1v) is 9.25. The fourth-order valence-corrected chi connectivity index (χ4v) is 4.20. The van der Waals surface area contributed by atoms with Gasteiger partial charge >= 0.3 is 0 Å². The van der Waals surface area contributed by atoms with E-state index in [0.717, 1.165) is 34.7 Å². The number of carbonyl (C=O) groups is 1. The molecule has 6 heteroatoms. The van der Waals surface area contributed by atoms with Crippen molar-refractivity contribution in [1.29, 1.82) is 0 Å². The summed E-state index contributed by atoms with van der Waals surface area (Å²) >= 11 is 7.40. The smallest absolute Gasteiger partial charge is 0.258 e. The average Bonchev–Trinajstić information content (AvgIpc) is 2.97. The second-order valence-electron chi connectivity index (χ2n) is 6.11. The van der Waals surface area contributed by atoms with Gasteiger partial charge in [0.1, 0.15) is 5.01 Å². The van der Waals surface area contributed by atoms with Gasteiger partial charge in [-0.25, -0.2) is 4.98 Å². The van der Waals surface area contributed by atoms with Gasteiger partial charge in [0.25, 0.3) is 5.56 Å². The van der Waals surface area contributed by atoms with E-state index in [2.05, 4.69) is 9.97 Å². The van der Waals surface area contributed by atoms with Crippen LogP contribution in [0.1, 0.15) is 33.8 Å². The Balaban J connectivity index is 1.82. The highest BCUT2D eigenvalue weighted by Crippen LogP contribution is 2.33. The summed E-state index contributed by atoms with van der Waals surface area (Å²) in [5.41, 5.74) is 3.43. The van der Waals surface area contributed by atoms with Gasteiger partial charge in [-0.2, -0.15) is 0 Å². The fraction of sp³-hybridized carbons (Fsp3) is 0.211. The van der Waals surface area contributed by atoms with Crippen molar-refractivity contribution in [3.8, 4) is 21.8 Å². The van der Waals surface area contributed by atoms with Crippen molar-refractivity contribution in [1.82, 2.24) is 9.97 Å². The van der Waals surface area contributed by atoms with E-state index in [1.54, 1.807) is 6.07 Å². The maximum atomic E-state index is 12.5. The molecule has 0 atom stereocenters. The van der Waals surface area contributed by atoms with Gasteiger partial charge in [-0.05, 0) is 38.0 Å². The van der Waals surface area contributed by atoms with Gasteiger partial charge in [-0.1, -0.05) is 23.7 Å². The Morgan fingerprint density at radius 1 is 1.12 bits per heavy atom. The lowest BCUT2D eigenvalue weighted by Crippen LogP contribution is -2.20. The van der Waals surface area contributed by atoms with Crippen LogP contribution in [0.4, 0.5) is 0 Å². The highest BCUT2D eigenvalue weighted by molar-refractivity contribution is 7.15. The van der Waals surface area contributed by atoms with Gasteiger partial charge in [-0.15, -0.1) is 11.3 Å². The predicted molar refractivity (Wildman–Crippen MR) is 101 cm³/mol.